The highest BCUT2D eigenvalue weighted by Crippen LogP contribution is 2.26. The van der Waals surface area contributed by atoms with Crippen molar-refractivity contribution in [2.75, 3.05) is 13.1 Å². The van der Waals surface area contributed by atoms with Crippen LogP contribution < -0.4 is 0 Å². The Hall–Kier alpha value is -0.570. The molecule has 0 aliphatic heterocycles. The maximum Gasteiger partial charge on any atom is 0.303 e. The fourth-order valence-electron chi connectivity index (χ4n) is 1.47. The van der Waals surface area contributed by atoms with Gasteiger partial charge >= 0.3 is 5.97 Å². The summed E-state index contributed by atoms with van der Waals surface area (Å²) in [5.41, 5.74) is 0. The fraction of sp³-hybridized carbons (Fsp3) is 0.889. The minimum atomic E-state index is -0.679. The molecule has 0 atom stereocenters. The Morgan fingerprint density at radius 1 is 1.58 bits per heavy atom. The van der Waals surface area contributed by atoms with Crippen molar-refractivity contribution in [2.45, 2.75) is 38.6 Å². The standard InChI is InChI=1S/C9H17NO2/c1-2-10(8-5-6-8)7-3-4-9(11)12/h8H,2-7H2,1H3,(H,11,12). The first kappa shape index (κ1) is 9.52. The van der Waals surface area contributed by atoms with Gasteiger partial charge in [0.1, 0.15) is 0 Å². The number of rotatable bonds is 6. The Labute approximate surface area is 73.4 Å². The minimum Gasteiger partial charge on any atom is -0.481 e. The Morgan fingerprint density at radius 2 is 2.25 bits per heavy atom. The molecule has 12 heavy (non-hydrogen) atoms. The Morgan fingerprint density at radius 3 is 2.67 bits per heavy atom. The van der Waals surface area contributed by atoms with Gasteiger partial charge in [-0.2, -0.15) is 0 Å². The summed E-state index contributed by atoms with van der Waals surface area (Å²) in [5.74, 6) is -0.679. The van der Waals surface area contributed by atoms with Crippen LogP contribution in [0.1, 0.15) is 32.6 Å². The maximum atomic E-state index is 10.2. The second kappa shape index (κ2) is 4.45. The Balaban J connectivity index is 2.06. The van der Waals surface area contributed by atoms with Crippen molar-refractivity contribution in [1.29, 1.82) is 0 Å². The quantitative estimate of drug-likeness (QED) is 0.655. The normalized spacial score (nSPS) is 16.8. The Bertz CT molecular complexity index is 155. The molecule has 1 N–H and O–H groups in total. The van der Waals surface area contributed by atoms with Crippen LogP contribution in [0.4, 0.5) is 0 Å². The number of carboxylic acids is 1. The number of carboxylic acid groups (broad SMARTS) is 1. The molecule has 0 aromatic carbocycles. The molecular weight excluding hydrogens is 154 g/mol. The molecule has 0 aromatic rings. The van der Waals surface area contributed by atoms with E-state index >= 15 is 0 Å². The molecular formula is C9H17NO2. The van der Waals surface area contributed by atoms with Crippen molar-refractivity contribution in [3.05, 3.63) is 0 Å². The molecule has 0 aromatic heterocycles. The van der Waals surface area contributed by atoms with Gasteiger partial charge in [0, 0.05) is 12.5 Å². The van der Waals surface area contributed by atoms with Crippen molar-refractivity contribution in [2.24, 2.45) is 0 Å². The van der Waals surface area contributed by atoms with Gasteiger partial charge in [-0.3, -0.25) is 4.79 Å². The van der Waals surface area contributed by atoms with E-state index in [9.17, 15) is 4.79 Å². The van der Waals surface area contributed by atoms with Crippen LogP contribution in [0.25, 0.3) is 0 Å². The molecule has 0 amide bonds. The highest BCUT2D eigenvalue weighted by molar-refractivity contribution is 5.66. The number of nitrogens with zero attached hydrogens (tertiary/aromatic N) is 1. The van der Waals surface area contributed by atoms with Crippen molar-refractivity contribution >= 4 is 5.97 Å². The SMILES string of the molecule is CCN(CCCC(=O)O)C1CC1. The van der Waals surface area contributed by atoms with E-state index < -0.39 is 5.97 Å². The monoisotopic (exact) mass is 171 g/mol. The van der Waals surface area contributed by atoms with Crippen LogP contribution in [0.5, 0.6) is 0 Å². The number of carbonyl (C=O) groups is 1. The summed E-state index contributed by atoms with van der Waals surface area (Å²) in [6.45, 7) is 4.15. The van der Waals surface area contributed by atoms with E-state index in [4.69, 9.17) is 5.11 Å². The molecule has 70 valence electrons. The first-order chi connectivity index (χ1) is 5.74. The molecule has 1 fully saturated rings. The summed E-state index contributed by atoms with van der Waals surface area (Å²) in [5, 5.41) is 8.43. The molecule has 0 unspecified atom stereocenters. The van der Waals surface area contributed by atoms with Crippen LogP contribution in [0, 0.1) is 0 Å². The molecule has 3 heteroatoms. The predicted octanol–water partition coefficient (Wildman–Crippen LogP) is 1.34. The molecule has 1 rings (SSSR count). The molecule has 0 spiro atoms. The summed E-state index contributed by atoms with van der Waals surface area (Å²) in [6.07, 6.45) is 3.71. The molecule has 3 nitrogen and oxygen atoms in total. The molecule has 1 saturated carbocycles. The lowest BCUT2D eigenvalue weighted by Gasteiger charge is -2.18. The zero-order valence-corrected chi connectivity index (χ0v) is 7.62. The molecule has 0 bridgehead atoms. The van der Waals surface area contributed by atoms with E-state index in [1.165, 1.54) is 12.8 Å². The summed E-state index contributed by atoms with van der Waals surface area (Å²) >= 11 is 0. The third kappa shape index (κ3) is 3.22. The van der Waals surface area contributed by atoms with Gasteiger partial charge in [0.05, 0.1) is 0 Å². The first-order valence-electron chi connectivity index (χ1n) is 4.70. The molecule has 0 radical (unpaired) electrons. The maximum absolute atomic E-state index is 10.2. The lowest BCUT2D eigenvalue weighted by Crippen LogP contribution is -2.27. The summed E-state index contributed by atoms with van der Waals surface area (Å²) in [7, 11) is 0. The van der Waals surface area contributed by atoms with Gasteiger partial charge < -0.3 is 10.0 Å². The van der Waals surface area contributed by atoms with Gasteiger partial charge in [0.15, 0.2) is 0 Å². The Kier molecular flexibility index (Phi) is 3.53. The van der Waals surface area contributed by atoms with Crippen LogP contribution >= 0.6 is 0 Å². The van der Waals surface area contributed by atoms with Crippen LogP contribution in [0.2, 0.25) is 0 Å². The largest absolute Gasteiger partial charge is 0.481 e. The van der Waals surface area contributed by atoms with Gasteiger partial charge in [0.2, 0.25) is 0 Å². The van der Waals surface area contributed by atoms with Gasteiger partial charge in [-0.15, -0.1) is 0 Å². The van der Waals surface area contributed by atoms with Crippen molar-refractivity contribution < 1.29 is 9.90 Å². The number of aliphatic carboxylic acids is 1. The second-order valence-electron chi connectivity index (χ2n) is 3.36. The highest BCUT2D eigenvalue weighted by Gasteiger charge is 2.27. The van der Waals surface area contributed by atoms with Gasteiger partial charge in [-0.25, -0.2) is 0 Å². The van der Waals surface area contributed by atoms with E-state index in [1.54, 1.807) is 0 Å². The number of hydrogen-bond donors (Lipinski definition) is 1. The first-order valence-corrected chi connectivity index (χ1v) is 4.70. The lowest BCUT2D eigenvalue weighted by molar-refractivity contribution is -0.137. The van der Waals surface area contributed by atoms with Gasteiger partial charge in [-0.05, 0) is 32.4 Å². The summed E-state index contributed by atoms with van der Waals surface area (Å²) in [6, 6.07) is 0.767. The average Bonchev–Trinajstić information content (AvgIpc) is 2.80. The third-order valence-electron chi connectivity index (χ3n) is 2.31. The lowest BCUT2D eigenvalue weighted by atomic mass is 10.3. The molecule has 0 heterocycles. The van der Waals surface area contributed by atoms with Gasteiger partial charge in [-0.1, -0.05) is 6.92 Å². The summed E-state index contributed by atoms with van der Waals surface area (Å²) < 4.78 is 0. The van der Waals surface area contributed by atoms with E-state index in [2.05, 4.69) is 11.8 Å². The molecule has 1 aliphatic carbocycles. The van der Waals surface area contributed by atoms with E-state index in [0.717, 1.165) is 25.6 Å². The van der Waals surface area contributed by atoms with Crippen molar-refractivity contribution in [3.63, 3.8) is 0 Å². The fourth-order valence-corrected chi connectivity index (χ4v) is 1.47. The van der Waals surface area contributed by atoms with Gasteiger partial charge in [0.25, 0.3) is 0 Å². The smallest absolute Gasteiger partial charge is 0.303 e. The predicted molar refractivity (Wildman–Crippen MR) is 47.1 cm³/mol. The number of hydrogen-bond acceptors (Lipinski definition) is 2. The van der Waals surface area contributed by atoms with E-state index in [1.807, 2.05) is 0 Å². The topological polar surface area (TPSA) is 40.5 Å². The third-order valence-corrected chi connectivity index (χ3v) is 2.31. The van der Waals surface area contributed by atoms with Crippen LogP contribution in [-0.4, -0.2) is 35.1 Å². The summed E-state index contributed by atoms with van der Waals surface area (Å²) in [4.78, 5) is 12.6. The van der Waals surface area contributed by atoms with E-state index in [0.29, 0.717) is 6.42 Å². The zero-order chi connectivity index (χ0) is 8.97. The van der Waals surface area contributed by atoms with E-state index in [-0.39, 0.29) is 0 Å². The molecule has 0 saturated heterocycles. The van der Waals surface area contributed by atoms with Crippen LogP contribution in [0.3, 0.4) is 0 Å². The highest BCUT2D eigenvalue weighted by atomic mass is 16.4. The average molecular weight is 171 g/mol. The van der Waals surface area contributed by atoms with Crippen LogP contribution in [0.15, 0.2) is 0 Å². The van der Waals surface area contributed by atoms with Crippen molar-refractivity contribution in [1.82, 2.24) is 4.90 Å². The zero-order valence-electron chi connectivity index (χ0n) is 7.62. The molecule has 1 aliphatic rings. The minimum absolute atomic E-state index is 0.309. The van der Waals surface area contributed by atoms with Crippen molar-refractivity contribution in [3.8, 4) is 0 Å². The van der Waals surface area contributed by atoms with Crippen LogP contribution in [-0.2, 0) is 4.79 Å². The second-order valence-corrected chi connectivity index (χ2v) is 3.36.